The van der Waals surface area contributed by atoms with Crippen LogP contribution >= 0.6 is 36.2 Å². The number of carbonyl (C=O) groups excluding carboxylic acids is 1. The van der Waals surface area contributed by atoms with E-state index in [4.69, 9.17) is 15.5 Å². The van der Waals surface area contributed by atoms with Crippen molar-refractivity contribution < 1.29 is 9.53 Å². The lowest BCUT2D eigenvalue weighted by Gasteiger charge is -2.59. The van der Waals surface area contributed by atoms with Crippen LogP contribution in [0.25, 0.3) is 0 Å². The van der Waals surface area contributed by atoms with Gasteiger partial charge in [0.25, 0.3) is 0 Å². The van der Waals surface area contributed by atoms with Crippen molar-refractivity contribution in [1.82, 2.24) is 9.88 Å². The maximum atomic E-state index is 13.3. The lowest BCUT2D eigenvalue weighted by atomic mass is 9.54. The molecule has 162 valence electrons. The Labute approximate surface area is 185 Å². The number of carbonyl (C=O) groups is 1. The molecule has 3 unspecified atom stereocenters. The number of hydrogen-bond donors (Lipinski definition) is 1. The van der Waals surface area contributed by atoms with E-state index in [2.05, 4.69) is 33.1 Å². The second-order valence-electron chi connectivity index (χ2n) is 8.70. The van der Waals surface area contributed by atoms with E-state index < -0.39 is 5.54 Å². The molecule has 0 spiro atoms. The Hall–Kier alpha value is -0.400. The van der Waals surface area contributed by atoms with Gasteiger partial charge in [-0.05, 0) is 25.7 Å². The molecule has 28 heavy (non-hydrogen) atoms. The van der Waals surface area contributed by atoms with Crippen molar-refractivity contribution in [2.45, 2.75) is 77.4 Å². The van der Waals surface area contributed by atoms with Crippen molar-refractivity contribution in [1.29, 1.82) is 0 Å². The minimum atomic E-state index is -0.819. The summed E-state index contributed by atoms with van der Waals surface area (Å²) in [6.07, 6.45) is 2.79. The molecule has 2 N–H and O–H groups in total. The van der Waals surface area contributed by atoms with Gasteiger partial charge in [0.15, 0.2) is 0 Å². The Morgan fingerprint density at radius 3 is 2.64 bits per heavy atom. The normalized spacial score (nSPS) is 28.9. The fraction of sp³-hybridized carbons (Fsp3) is 0.800. The van der Waals surface area contributed by atoms with E-state index in [1.165, 1.54) is 0 Å². The van der Waals surface area contributed by atoms with E-state index in [-0.39, 0.29) is 42.2 Å². The Kier molecular flexibility index (Phi) is 8.80. The first-order valence-electron chi connectivity index (χ1n) is 9.86. The number of amides is 1. The molecule has 2 heterocycles. The summed E-state index contributed by atoms with van der Waals surface area (Å²) in [5.41, 5.74) is 6.62. The fourth-order valence-electron chi connectivity index (χ4n) is 4.20. The highest BCUT2D eigenvalue weighted by molar-refractivity contribution is 7.09. The summed E-state index contributed by atoms with van der Waals surface area (Å²) in [5, 5.41) is 3.32. The van der Waals surface area contributed by atoms with E-state index in [1.807, 2.05) is 11.8 Å². The molecule has 8 heteroatoms. The summed E-state index contributed by atoms with van der Waals surface area (Å²) in [5.74, 6) is 0.864. The number of aromatic nitrogens is 1. The number of thiazole rings is 1. The largest absolute Gasteiger partial charge is 0.378 e. The SMILES string of the molecule is CCOC1CC(N)(C(=O)N2CCCC(c3nc(C(C)C)cs3)C2)C1(C)C.Cl.Cl. The second kappa shape index (κ2) is 9.61. The number of hydrogen-bond acceptors (Lipinski definition) is 5. The predicted molar refractivity (Wildman–Crippen MR) is 120 cm³/mol. The Balaban J connectivity index is 0.00000196. The van der Waals surface area contributed by atoms with Gasteiger partial charge in [0, 0.05) is 42.8 Å². The minimum Gasteiger partial charge on any atom is -0.378 e. The quantitative estimate of drug-likeness (QED) is 0.721. The van der Waals surface area contributed by atoms with Crippen molar-refractivity contribution in [2.75, 3.05) is 19.7 Å². The van der Waals surface area contributed by atoms with Crippen LogP contribution < -0.4 is 5.73 Å². The molecule has 1 amide bonds. The molecule has 1 aliphatic heterocycles. The van der Waals surface area contributed by atoms with E-state index in [0.717, 1.165) is 36.6 Å². The maximum Gasteiger partial charge on any atom is 0.243 e. The van der Waals surface area contributed by atoms with Crippen LogP contribution in [0.2, 0.25) is 0 Å². The van der Waals surface area contributed by atoms with Crippen molar-refractivity contribution in [2.24, 2.45) is 11.1 Å². The molecule has 0 bridgehead atoms. The zero-order valence-electron chi connectivity index (χ0n) is 17.6. The standard InChI is InChI=1S/C20H33N3O2S.2ClH/c1-6-25-16-10-20(21,19(16,4)5)18(24)23-9-7-8-14(11-23)17-22-15(12-26-17)13(2)3;;/h12-14,16H,6-11,21H2,1-5H3;2*1H. The van der Waals surface area contributed by atoms with Crippen molar-refractivity contribution in [3.05, 3.63) is 16.1 Å². The summed E-state index contributed by atoms with van der Waals surface area (Å²) < 4.78 is 5.78. The second-order valence-corrected chi connectivity index (χ2v) is 9.59. The van der Waals surface area contributed by atoms with Gasteiger partial charge in [-0.25, -0.2) is 4.98 Å². The third-order valence-corrected chi connectivity index (χ3v) is 7.43. The van der Waals surface area contributed by atoms with Crippen LogP contribution in [0.5, 0.6) is 0 Å². The smallest absolute Gasteiger partial charge is 0.243 e. The van der Waals surface area contributed by atoms with Gasteiger partial charge in [-0.1, -0.05) is 27.7 Å². The number of piperidine rings is 1. The zero-order valence-corrected chi connectivity index (χ0v) is 20.0. The number of nitrogens with two attached hydrogens (primary N) is 1. The fourth-order valence-corrected chi connectivity index (χ4v) is 5.31. The molecule has 1 saturated carbocycles. The van der Waals surface area contributed by atoms with E-state index in [0.29, 0.717) is 24.9 Å². The summed E-state index contributed by atoms with van der Waals surface area (Å²) in [6.45, 7) is 12.6. The monoisotopic (exact) mass is 451 g/mol. The van der Waals surface area contributed by atoms with Crippen LogP contribution in [0.1, 0.15) is 76.4 Å². The average molecular weight is 452 g/mol. The highest BCUT2D eigenvalue weighted by Gasteiger charge is 2.63. The van der Waals surface area contributed by atoms with Gasteiger partial charge in [0.05, 0.1) is 16.8 Å². The molecule has 1 aromatic rings. The maximum absolute atomic E-state index is 13.3. The first-order chi connectivity index (χ1) is 12.2. The van der Waals surface area contributed by atoms with Crippen molar-refractivity contribution >= 4 is 42.1 Å². The number of halogens is 2. The van der Waals surface area contributed by atoms with E-state index in [1.54, 1.807) is 11.3 Å². The third-order valence-electron chi connectivity index (χ3n) is 6.40. The Morgan fingerprint density at radius 1 is 1.43 bits per heavy atom. The predicted octanol–water partition coefficient (Wildman–Crippen LogP) is 4.35. The third kappa shape index (κ3) is 4.36. The summed E-state index contributed by atoms with van der Waals surface area (Å²) in [6, 6.07) is 0. The number of ether oxygens (including phenoxy) is 1. The Morgan fingerprint density at radius 2 is 2.11 bits per heavy atom. The number of nitrogens with zero attached hydrogens (tertiary/aromatic N) is 2. The molecule has 1 saturated heterocycles. The van der Waals surface area contributed by atoms with Gasteiger partial charge in [-0.2, -0.15) is 0 Å². The van der Waals surface area contributed by atoms with Gasteiger partial charge >= 0.3 is 0 Å². The highest BCUT2D eigenvalue weighted by Crippen LogP contribution is 2.51. The summed E-state index contributed by atoms with van der Waals surface area (Å²) in [7, 11) is 0. The number of likely N-dealkylation sites (tertiary alicyclic amines) is 1. The molecule has 1 aromatic heterocycles. The average Bonchev–Trinajstić information content (AvgIpc) is 3.11. The first-order valence-corrected chi connectivity index (χ1v) is 10.7. The number of rotatable bonds is 5. The highest BCUT2D eigenvalue weighted by atomic mass is 35.5. The molecule has 3 atom stereocenters. The lowest BCUT2D eigenvalue weighted by molar-refractivity contribution is -0.180. The van der Waals surface area contributed by atoms with Crippen molar-refractivity contribution in [3.63, 3.8) is 0 Å². The van der Waals surface area contributed by atoms with Crippen LogP contribution in [0.4, 0.5) is 0 Å². The van der Waals surface area contributed by atoms with E-state index >= 15 is 0 Å². The van der Waals surface area contributed by atoms with Crippen LogP contribution in [0.3, 0.4) is 0 Å². The molecule has 2 fully saturated rings. The molecular weight excluding hydrogens is 417 g/mol. The van der Waals surface area contributed by atoms with Crippen LogP contribution in [0, 0.1) is 5.41 Å². The molecule has 3 rings (SSSR count). The lowest BCUT2D eigenvalue weighted by Crippen LogP contribution is -2.76. The Bertz CT molecular complexity index is 668. The van der Waals surface area contributed by atoms with Gasteiger partial charge in [0.1, 0.15) is 5.54 Å². The summed E-state index contributed by atoms with van der Waals surface area (Å²) in [4.78, 5) is 20.1. The van der Waals surface area contributed by atoms with E-state index in [9.17, 15) is 4.79 Å². The zero-order chi connectivity index (χ0) is 19.1. The van der Waals surface area contributed by atoms with Gasteiger partial charge in [-0.3, -0.25) is 4.79 Å². The molecular formula is C20H35Cl2N3O2S. The van der Waals surface area contributed by atoms with Crippen molar-refractivity contribution in [3.8, 4) is 0 Å². The van der Waals surface area contributed by atoms with Gasteiger partial charge in [0.2, 0.25) is 5.91 Å². The van der Waals surface area contributed by atoms with Gasteiger partial charge in [-0.15, -0.1) is 36.2 Å². The molecule has 0 aromatic carbocycles. The molecule has 0 radical (unpaired) electrons. The molecule has 2 aliphatic rings. The topological polar surface area (TPSA) is 68.5 Å². The van der Waals surface area contributed by atoms with Crippen LogP contribution in [-0.4, -0.2) is 47.1 Å². The molecule has 5 nitrogen and oxygen atoms in total. The van der Waals surface area contributed by atoms with Crippen LogP contribution in [-0.2, 0) is 9.53 Å². The van der Waals surface area contributed by atoms with Crippen LogP contribution in [0.15, 0.2) is 5.38 Å². The summed E-state index contributed by atoms with van der Waals surface area (Å²) >= 11 is 1.73. The minimum absolute atomic E-state index is 0. The van der Waals surface area contributed by atoms with Gasteiger partial charge < -0.3 is 15.4 Å². The molecule has 1 aliphatic carbocycles. The first kappa shape index (κ1) is 25.6.